The zero-order valence-electron chi connectivity index (χ0n) is 25.7. The third-order valence-corrected chi connectivity index (χ3v) is 10.3. The molecule has 1 saturated heterocycles. The molecule has 2 aromatic carbocycles. The molecule has 1 saturated carbocycles. The Morgan fingerprint density at radius 3 is 2.57 bits per heavy atom. The lowest BCUT2D eigenvalue weighted by atomic mass is 9.58. The number of piperazine rings is 1. The molecule has 2 fully saturated rings. The van der Waals surface area contributed by atoms with E-state index < -0.39 is 0 Å². The number of hydrogen-bond donors (Lipinski definition) is 2. The molecule has 9 heteroatoms. The number of anilines is 1. The zero-order chi connectivity index (χ0) is 30.2. The fourth-order valence-corrected chi connectivity index (χ4v) is 6.43. The van der Waals surface area contributed by atoms with E-state index in [1.807, 2.05) is 25.1 Å². The van der Waals surface area contributed by atoms with Crippen LogP contribution in [-0.2, 0) is 13.0 Å². The van der Waals surface area contributed by atoms with Gasteiger partial charge in [-0.25, -0.2) is 14.4 Å². The van der Waals surface area contributed by atoms with Gasteiger partial charge in [0.25, 0.3) is 5.56 Å². The molecular formula is C33H45FN6O2. The summed E-state index contributed by atoms with van der Waals surface area (Å²) in [6.45, 7) is 16.1. The number of fused-ring (bicyclic) bond motifs is 1. The van der Waals surface area contributed by atoms with E-state index >= 15 is 0 Å². The first-order valence-electron chi connectivity index (χ1n) is 15.2. The molecule has 1 aliphatic carbocycles. The van der Waals surface area contributed by atoms with Crippen LogP contribution in [0.5, 0.6) is 0 Å². The van der Waals surface area contributed by atoms with Crippen LogP contribution in [0, 0.1) is 29.0 Å². The average molecular weight is 577 g/mol. The van der Waals surface area contributed by atoms with Crippen molar-refractivity contribution in [1.82, 2.24) is 19.5 Å². The number of hydroxylamine groups is 2. The summed E-state index contributed by atoms with van der Waals surface area (Å²) >= 11 is 0. The van der Waals surface area contributed by atoms with Gasteiger partial charge < -0.3 is 15.4 Å². The quantitative estimate of drug-likeness (QED) is 0.302. The van der Waals surface area contributed by atoms with Gasteiger partial charge in [0, 0.05) is 37.9 Å². The normalized spacial score (nSPS) is 26.9. The lowest BCUT2D eigenvalue weighted by Gasteiger charge is -2.49. The summed E-state index contributed by atoms with van der Waals surface area (Å²) in [4.78, 5) is 25.4. The van der Waals surface area contributed by atoms with Gasteiger partial charge in [-0.1, -0.05) is 46.8 Å². The fourth-order valence-electron chi connectivity index (χ4n) is 6.43. The molecule has 226 valence electrons. The molecule has 0 radical (unpaired) electrons. The lowest BCUT2D eigenvalue weighted by Crippen LogP contribution is -2.54. The molecule has 0 amide bonds. The number of aryl methyl sites for hydroxylation is 2. The van der Waals surface area contributed by atoms with Crippen LogP contribution < -0.4 is 10.9 Å². The van der Waals surface area contributed by atoms with Gasteiger partial charge in [0.2, 0.25) is 0 Å². The summed E-state index contributed by atoms with van der Waals surface area (Å²) in [5, 5.41) is 15.7. The summed E-state index contributed by atoms with van der Waals surface area (Å²) in [6.07, 6.45) is 3.22. The molecule has 2 heterocycles. The van der Waals surface area contributed by atoms with Gasteiger partial charge in [-0.3, -0.25) is 9.36 Å². The van der Waals surface area contributed by atoms with E-state index in [4.69, 9.17) is 4.99 Å². The SMILES string of the molecule is C[C@@H]1C(N=C(Nc2ccc3c(=O)n(CCc4ccc(F)cc4)cnc3c2)N2CCN(O)[C@@H](C)C2)C[C@@H](C)C(C)(C)[C@H]1C. The van der Waals surface area contributed by atoms with Crippen molar-refractivity contribution in [3.05, 3.63) is 70.5 Å². The Morgan fingerprint density at radius 2 is 1.86 bits per heavy atom. The molecular weight excluding hydrogens is 531 g/mol. The highest BCUT2D eigenvalue weighted by Crippen LogP contribution is 2.48. The van der Waals surface area contributed by atoms with E-state index in [1.54, 1.807) is 23.0 Å². The Hall–Kier alpha value is -3.30. The first-order valence-corrected chi connectivity index (χ1v) is 15.2. The van der Waals surface area contributed by atoms with Gasteiger partial charge in [-0.05, 0) is 78.8 Å². The van der Waals surface area contributed by atoms with Gasteiger partial charge in [0.05, 0.1) is 23.3 Å². The largest absolute Gasteiger partial charge is 0.340 e. The second kappa shape index (κ2) is 12.1. The van der Waals surface area contributed by atoms with E-state index in [-0.39, 0.29) is 28.9 Å². The molecule has 5 rings (SSSR count). The standard InChI is InChI=1S/C33H45FN6O2/c1-21-17-29(23(3)24(4)33(21,5)6)37-32(38-15-16-40(42)22(2)19-38)36-27-11-12-28-30(18-27)35-20-39(31(28)41)14-13-25-7-9-26(34)10-8-25/h7-12,18,20-24,29,42H,13-17,19H2,1-6H3,(H,36,37)/t21-,22+,23+,24+,29?/m1/s1. The van der Waals surface area contributed by atoms with E-state index in [2.05, 4.69) is 49.8 Å². The van der Waals surface area contributed by atoms with Gasteiger partial charge in [-0.15, -0.1) is 0 Å². The number of rotatable bonds is 5. The number of aliphatic imine (C=N–C) groups is 1. The van der Waals surface area contributed by atoms with Crippen molar-refractivity contribution in [2.24, 2.45) is 28.2 Å². The third-order valence-electron chi connectivity index (χ3n) is 10.3. The van der Waals surface area contributed by atoms with Crippen LogP contribution in [0.2, 0.25) is 0 Å². The Bertz CT molecular complexity index is 1490. The average Bonchev–Trinajstić information content (AvgIpc) is 2.96. The number of halogens is 1. The van der Waals surface area contributed by atoms with E-state index in [0.717, 1.165) is 23.6 Å². The first-order chi connectivity index (χ1) is 19.9. The molecule has 5 atom stereocenters. The molecule has 3 aromatic rings. The first kappa shape index (κ1) is 30.2. The van der Waals surface area contributed by atoms with Crippen LogP contribution in [-0.4, -0.2) is 62.4 Å². The van der Waals surface area contributed by atoms with E-state index in [9.17, 15) is 14.4 Å². The molecule has 2 N–H and O–H groups in total. The maximum absolute atomic E-state index is 13.2. The summed E-state index contributed by atoms with van der Waals surface area (Å²) in [5.41, 5.74) is 2.56. The van der Waals surface area contributed by atoms with Gasteiger partial charge in [-0.2, -0.15) is 5.06 Å². The minimum absolute atomic E-state index is 0.0158. The number of hydrogen-bond acceptors (Lipinski definition) is 5. The van der Waals surface area contributed by atoms with Crippen molar-refractivity contribution < 1.29 is 9.60 Å². The van der Waals surface area contributed by atoms with Crippen LogP contribution in [0.3, 0.4) is 0 Å². The van der Waals surface area contributed by atoms with Crippen LogP contribution in [0.25, 0.3) is 10.9 Å². The molecule has 1 aliphatic heterocycles. The van der Waals surface area contributed by atoms with E-state index in [1.165, 1.54) is 17.2 Å². The highest BCUT2D eigenvalue weighted by molar-refractivity contribution is 5.96. The van der Waals surface area contributed by atoms with Crippen LogP contribution in [0.15, 0.2) is 58.6 Å². The minimum atomic E-state index is -0.271. The zero-order valence-corrected chi connectivity index (χ0v) is 25.7. The summed E-state index contributed by atoms with van der Waals surface area (Å²) in [5.74, 6) is 2.03. The number of guanidine groups is 1. The highest BCUT2D eigenvalue weighted by Gasteiger charge is 2.44. The van der Waals surface area contributed by atoms with Crippen molar-refractivity contribution in [1.29, 1.82) is 0 Å². The topological polar surface area (TPSA) is 86.0 Å². The fraction of sp³-hybridized carbons (Fsp3) is 0.545. The van der Waals surface area contributed by atoms with Crippen molar-refractivity contribution in [2.45, 2.75) is 73.0 Å². The Labute approximate surface area is 248 Å². The predicted octanol–water partition coefficient (Wildman–Crippen LogP) is 5.65. The van der Waals surface area contributed by atoms with Crippen molar-refractivity contribution in [3.63, 3.8) is 0 Å². The number of benzene rings is 2. The van der Waals surface area contributed by atoms with Crippen LogP contribution in [0.4, 0.5) is 10.1 Å². The second-order valence-corrected chi connectivity index (χ2v) is 13.1. The molecule has 1 unspecified atom stereocenters. The van der Waals surface area contributed by atoms with E-state index in [0.29, 0.717) is 61.3 Å². The molecule has 1 aromatic heterocycles. The molecule has 2 aliphatic rings. The third kappa shape index (κ3) is 6.22. The molecule has 8 nitrogen and oxygen atoms in total. The minimum Gasteiger partial charge on any atom is -0.340 e. The maximum atomic E-state index is 13.2. The number of aromatic nitrogens is 2. The summed E-state index contributed by atoms with van der Waals surface area (Å²) < 4.78 is 14.8. The van der Waals surface area contributed by atoms with Crippen molar-refractivity contribution >= 4 is 22.5 Å². The molecule has 42 heavy (non-hydrogen) atoms. The number of nitrogens with one attached hydrogen (secondary N) is 1. The summed E-state index contributed by atoms with van der Waals surface area (Å²) in [6, 6.07) is 12.2. The van der Waals surface area contributed by atoms with Gasteiger partial charge in [0.1, 0.15) is 5.82 Å². The predicted molar refractivity (Wildman–Crippen MR) is 166 cm³/mol. The Morgan fingerprint density at radius 1 is 1.12 bits per heavy atom. The summed E-state index contributed by atoms with van der Waals surface area (Å²) in [7, 11) is 0. The van der Waals surface area contributed by atoms with Crippen molar-refractivity contribution in [3.8, 4) is 0 Å². The molecule has 0 bridgehead atoms. The maximum Gasteiger partial charge on any atom is 0.261 e. The van der Waals surface area contributed by atoms with Gasteiger partial charge >= 0.3 is 0 Å². The monoisotopic (exact) mass is 576 g/mol. The second-order valence-electron chi connectivity index (χ2n) is 13.1. The number of nitrogens with zero attached hydrogens (tertiary/aromatic N) is 5. The van der Waals surface area contributed by atoms with Gasteiger partial charge in [0.15, 0.2) is 5.96 Å². The lowest BCUT2D eigenvalue weighted by molar-refractivity contribution is -0.142. The Balaban J connectivity index is 1.40. The smallest absolute Gasteiger partial charge is 0.261 e. The van der Waals surface area contributed by atoms with Crippen LogP contribution >= 0.6 is 0 Å². The van der Waals surface area contributed by atoms with Crippen molar-refractivity contribution in [2.75, 3.05) is 25.0 Å². The Kier molecular flexibility index (Phi) is 8.71. The van der Waals surface area contributed by atoms with Crippen LogP contribution in [0.1, 0.15) is 53.5 Å². The molecule has 0 spiro atoms. The highest BCUT2D eigenvalue weighted by atomic mass is 19.1.